The molecule has 1 saturated heterocycles. The molecule has 1 atom stereocenters. The highest BCUT2D eigenvalue weighted by Gasteiger charge is 2.31. The number of aromatic nitrogens is 1. The second-order valence-corrected chi connectivity index (χ2v) is 6.38. The van der Waals surface area contributed by atoms with Crippen LogP contribution in [0.25, 0.3) is 0 Å². The molecule has 2 rings (SSSR count). The van der Waals surface area contributed by atoms with Crippen molar-refractivity contribution in [3.05, 3.63) is 24.0 Å². The van der Waals surface area contributed by atoms with E-state index in [1.165, 1.54) is 0 Å². The van der Waals surface area contributed by atoms with Crippen molar-refractivity contribution in [2.24, 2.45) is 0 Å². The Bertz CT molecular complexity index is 513. The molecule has 0 aliphatic carbocycles. The second-order valence-electron chi connectivity index (χ2n) is 6.38. The molecule has 122 valence electrons. The minimum atomic E-state index is -0.528. The molecule has 1 unspecified atom stereocenters. The molecule has 2 heterocycles. The maximum atomic E-state index is 12.3. The van der Waals surface area contributed by atoms with E-state index in [4.69, 9.17) is 14.6 Å². The van der Waals surface area contributed by atoms with Crippen LogP contribution in [0.4, 0.5) is 4.79 Å². The summed E-state index contributed by atoms with van der Waals surface area (Å²) in [4.78, 5) is 18.0. The van der Waals surface area contributed by atoms with Crippen molar-refractivity contribution in [2.75, 3.05) is 6.54 Å². The topological polar surface area (TPSA) is 71.9 Å². The molecule has 0 aromatic carbocycles. The van der Waals surface area contributed by atoms with Crippen LogP contribution in [0.15, 0.2) is 18.3 Å². The SMILES string of the molecule is CC(C)(C)OC(=O)N1CCCCC1Oc1ccnc(CO)c1. The summed E-state index contributed by atoms with van der Waals surface area (Å²) in [7, 11) is 0. The summed E-state index contributed by atoms with van der Waals surface area (Å²) in [6, 6.07) is 3.41. The number of hydrogen-bond acceptors (Lipinski definition) is 5. The number of piperidine rings is 1. The minimum absolute atomic E-state index is 0.141. The minimum Gasteiger partial charge on any atom is -0.470 e. The zero-order valence-corrected chi connectivity index (χ0v) is 13.4. The first-order valence-corrected chi connectivity index (χ1v) is 7.61. The summed E-state index contributed by atoms with van der Waals surface area (Å²) in [5.74, 6) is 0.597. The number of nitrogens with zero attached hydrogens (tertiary/aromatic N) is 2. The van der Waals surface area contributed by atoms with E-state index in [1.54, 1.807) is 23.2 Å². The number of pyridine rings is 1. The van der Waals surface area contributed by atoms with Gasteiger partial charge in [0.25, 0.3) is 0 Å². The van der Waals surface area contributed by atoms with Crippen molar-refractivity contribution >= 4 is 6.09 Å². The smallest absolute Gasteiger partial charge is 0.413 e. The van der Waals surface area contributed by atoms with Gasteiger partial charge in [-0.05, 0) is 39.7 Å². The summed E-state index contributed by atoms with van der Waals surface area (Å²) in [6.07, 6.45) is 3.59. The van der Waals surface area contributed by atoms with Crippen molar-refractivity contribution in [2.45, 2.75) is 58.5 Å². The average Bonchev–Trinajstić information content (AvgIpc) is 2.46. The van der Waals surface area contributed by atoms with Crippen molar-refractivity contribution in [3.63, 3.8) is 0 Å². The van der Waals surface area contributed by atoms with E-state index in [-0.39, 0.29) is 18.9 Å². The number of aliphatic hydroxyl groups is 1. The molecule has 1 aliphatic rings. The number of carbonyl (C=O) groups excluding carboxylic acids is 1. The lowest BCUT2D eigenvalue weighted by molar-refractivity contribution is -0.0342. The van der Waals surface area contributed by atoms with Crippen LogP contribution < -0.4 is 4.74 Å². The first-order valence-electron chi connectivity index (χ1n) is 7.61. The zero-order valence-electron chi connectivity index (χ0n) is 13.4. The Hall–Kier alpha value is -1.82. The van der Waals surface area contributed by atoms with E-state index in [2.05, 4.69) is 4.98 Å². The third-order valence-electron chi connectivity index (χ3n) is 3.30. The predicted molar refractivity (Wildman–Crippen MR) is 81.4 cm³/mol. The fourth-order valence-electron chi connectivity index (χ4n) is 2.33. The quantitative estimate of drug-likeness (QED) is 0.929. The van der Waals surface area contributed by atoms with Crippen LogP contribution in [0, 0.1) is 0 Å². The lowest BCUT2D eigenvalue weighted by Gasteiger charge is -2.36. The van der Waals surface area contributed by atoms with Crippen LogP contribution in [0.3, 0.4) is 0 Å². The van der Waals surface area contributed by atoms with E-state index < -0.39 is 5.60 Å². The van der Waals surface area contributed by atoms with Gasteiger partial charge in [-0.3, -0.25) is 9.88 Å². The molecule has 0 saturated carbocycles. The van der Waals surface area contributed by atoms with Crippen molar-refractivity contribution in [1.29, 1.82) is 0 Å². The van der Waals surface area contributed by atoms with Gasteiger partial charge < -0.3 is 14.6 Å². The highest BCUT2D eigenvalue weighted by molar-refractivity contribution is 5.68. The summed E-state index contributed by atoms with van der Waals surface area (Å²) in [5.41, 5.74) is 0.0110. The Balaban J connectivity index is 2.07. The first kappa shape index (κ1) is 16.5. The Labute approximate surface area is 131 Å². The largest absolute Gasteiger partial charge is 0.470 e. The Morgan fingerprint density at radius 1 is 1.45 bits per heavy atom. The molecule has 0 bridgehead atoms. The second kappa shape index (κ2) is 6.96. The van der Waals surface area contributed by atoms with Gasteiger partial charge in [-0.1, -0.05) is 0 Å². The monoisotopic (exact) mass is 308 g/mol. The number of rotatable bonds is 3. The van der Waals surface area contributed by atoms with Crippen LogP contribution in [0.2, 0.25) is 0 Å². The lowest BCUT2D eigenvalue weighted by Crippen LogP contribution is -2.48. The molecular weight excluding hydrogens is 284 g/mol. The molecule has 1 aromatic heterocycles. The maximum Gasteiger partial charge on any atom is 0.413 e. The summed E-state index contributed by atoms with van der Waals surface area (Å²) >= 11 is 0. The number of likely N-dealkylation sites (tertiary alicyclic amines) is 1. The fraction of sp³-hybridized carbons (Fsp3) is 0.625. The van der Waals surface area contributed by atoms with E-state index in [1.807, 2.05) is 20.8 Å². The van der Waals surface area contributed by atoms with Crippen molar-refractivity contribution in [3.8, 4) is 5.75 Å². The highest BCUT2D eigenvalue weighted by Crippen LogP contribution is 2.24. The van der Waals surface area contributed by atoms with Gasteiger partial charge in [-0.25, -0.2) is 4.79 Å². The van der Waals surface area contributed by atoms with E-state index in [9.17, 15) is 4.79 Å². The number of amides is 1. The van der Waals surface area contributed by atoms with Crippen molar-refractivity contribution in [1.82, 2.24) is 9.88 Å². The molecule has 6 heteroatoms. The molecule has 1 N–H and O–H groups in total. The van der Waals surface area contributed by atoms with Gasteiger partial charge in [0.05, 0.1) is 12.3 Å². The normalized spacial score (nSPS) is 18.9. The van der Waals surface area contributed by atoms with Crippen LogP contribution in [-0.4, -0.2) is 39.5 Å². The lowest BCUT2D eigenvalue weighted by atomic mass is 10.1. The maximum absolute atomic E-state index is 12.3. The highest BCUT2D eigenvalue weighted by atomic mass is 16.6. The third-order valence-corrected chi connectivity index (χ3v) is 3.30. The molecule has 0 radical (unpaired) electrons. The summed E-state index contributed by atoms with van der Waals surface area (Å²) in [6.45, 7) is 6.03. The summed E-state index contributed by atoms with van der Waals surface area (Å²) < 4.78 is 11.4. The van der Waals surface area contributed by atoms with Crippen LogP contribution in [0.1, 0.15) is 45.7 Å². The van der Waals surface area contributed by atoms with E-state index in [0.717, 1.165) is 19.3 Å². The molecule has 1 aliphatic heterocycles. The van der Waals surface area contributed by atoms with Crippen LogP contribution >= 0.6 is 0 Å². The Kier molecular flexibility index (Phi) is 5.24. The molecular formula is C16H24N2O4. The summed E-state index contributed by atoms with van der Waals surface area (Å²) in [5, 5.41) is 9.13. The molecule has 22 heavy (non-hydrogen) atoms. The van der Waals surface area contributed by atoms with Gasteiger partial charge in [-0.2, -0.15) is 0 Å². The Morgan fingerprint density at radius 3 is 2.91 bits per heavy atom. The van der Waals surface area contributed by atoms with Crippen molar-refractivity contribution < 1.29 is 19.4 Å². The van der Waals surface area contributed by atoms with Gasteiger partial charge in [0.2, 0.25) is 0 Å². The first-order chi connectivity index (χ1) is 10.4. The van der Waals surface area contributed by atoms with Crippen LogP contribution in [-0.2, 0) is 11.3 Å². The molecule has 6 nitrogen and oxygen atoms in total. The van der Waals surface area contributed by atoms with Gasteiger partial charge in [-0.15, -0.1) is 0 Å². The molecule has 1 amide bonds. The van der Waals surface area contributed by atoms with Gasteiger partial charge in [0, 0.05) is 25.2 Å². The van der Waals surface area contributed by atoms with E-state index in [0.29, 0.717) is 18.0 Å². The number of hydrogen-bond donors (Lipinski definition) is 1. The van der Waals surface area contributed by atoms with E-state index >= 15 is 0 Å². The number of aliphatic hydroxyl groups excluding tert-OH is 1. The molecule has 1 fully saturated rings. The zero-order chi connectivity index (χ0) is 16.2. The molecule has 0 spiro atoms. The predicted octanol–water partition coefficient (Wildman–Crippen LogP) is 2.70. The average molecular weight is 308 g/mol. The number of ether oxygens (including phenoxy) is 2. The van der Waals surface area contributed by atoms with Gasteiger partial charge >= 0.3 is 6.09 Å². The Morgan fingerprint density at radius 2 is 2.23 bits per heavy atom. The van der Waals surface area contributed by atoms with Crippen LogP contribution in [0.5, 0.6) is 5.75 Å². The van der Waals surface area contributed by atoms with Gasteiger partial charge in [0.15, 0.2) is 6.23 Å². The fourth-order valence-corrected chi connectivity index (χ4v) is 2.33. The number of carbonyl (C=O) groups is 1. The third kappa shape index (κ3) is 4.59. The standard InChI is InChI=1S/C16H24N2O4/c1-16(2,3)22-15(20)18-9-5-4-6-14(18)21-13-7-8-17-12(10-13)11-19/h7-8,10,14,19H,4-6,9,11H2,1-3H3. The van der Waals surface area contributed by atoms with Gasteiger partial charge in [0.1, 0.15) is 11.4 Å². The molecule has 1 aromatic rings.